The molecule has 6 nitrogen and oxygen atoms in total. The fourth-order valence-electron chi connectivity index (χ4n) is 3.69. The summed E-state index contributed by atoms with van der Waals surface area (Å²) in [7, 11) is 0. The molecule has 0 aromatic heterocycles. The third-order valence-corrected chi connectivity index (χ3v) is 5.57. The molecule has 0 bridgehead atoms. The topological polar surface area (TPSA) is 85.2 Å². The zero-order valence-corrected chi connectivity index (χ0v) is 18.7. The Hall–Kier alpha value is -3.61. The molecular formula is C24H24F4N4O2. The summed E-state index contributed by atoms with van der Waals surface area (Å²) in [6, 6.07) is 8.26. The number of amides is 2. The molecule has 0 spiro atoms. The summed E-state index contributed by atoms with van der Waals surface area (Å²) in [5.74, 6) is -1.81. The Morgan fingerprint density at radius 1 is 1.00 bits per heavy atom. The van der Waals surface area contributed by atoms with Crippen LogP contribution in [0.15, 0.2) is 36.4 Å². The lowest BCUT2D eigenvalue weighted by atomic mass is 10.0. The van der Waals surface area contributed by atoms with Gasteiger partial charge >= 0.3 is 6.18 Å². The maximum atomic E-state index is 14.7. The van der Waals surface area contributed by atoms with Crippen molar-refractivity contribution in [3.63, 3.8) is 0 Å². The molecule has 1 heterocycles. The molecule has 2 aromatic carbocycles. The number of piperidine rings is 1. The van der Waals surface area contributed by atoms with E-state index in [0.29, 0.717) is 19.2 Å². The van der Waals surface area contributed by atoms with Crippen LogP contribution in [-0.4, -0.2) is 35.3 Å². The molecule has 1 aliphatic heterocycles. The van der Waals surface area contributed by atoms with E-state index >= 15 is 0 Å². The van der Waals surface area contributed by atoms with Gasteiger partial charge in [0, 0.05) is 24.5 Å². The number of halogens is 4. The number of nitrogens with zero attached hydrogens (tertiary/aromatic N) is 2. The molecule has 1 saturated heterocycles. The van der Waals surface area contributed by atoms with E-state index in [1.165, 1.54) is 38.1 Å². The SMILES string of the molecule is CC(C)(Nc1ccc(C(=O)N2CCCCC2)c(F)c1)C(=O)Nc1ccc(C#N)c(C(F)(F)F)c1. The van der Waals surface area contributed by atoms with Crippen LogP contribution in [0, 0.1) is 17.1 Å². The minimum absolute atomic E-state index is 0.0630. The summed E-state index contributed by atoms with van der Waals surface area (Å²) in [5, 5.41) is 14.1. The number of rotatable bonds is 5. The molecule has 10 heteroatoms. The van der Waals surface area contributed by atoms with E-state index in [-0.39, 0.29) is 22.8 Å². The molecule has 0 radical (unpaired) electrons. The van der Waals surface area contributed by atoms with Gasteiger partial charge in [-0.3, -0.25) is 9.59 Å². The van der Waals surface area contributed by atoms with Crippen molar-refractivity contribution in [3.8, 4) is 6.07 Å². The van der Waals surface area contributed by atoms with Crippen LogP contribution in [0.25, 0.3) is 0 Å². The molecule has 180 valence electrons. The smallest absolute Gasteiger partial charge is 0.372 e. The number of likely N-dealkylation sites (tertiary alicyclic amines) is 1. The Morgan fingerprint density at radius 2 is 1.65 bits per heavy atom. The molecule has 3 rings (SSSR count). The molecule has 34 heavy (non-hydrogen) atoms. The molecule has 0 aliphatic carbocycles. The van der Waals surface area contributed by atoms with E-state index in [1.54, 1.807) is 4.90 Å². The van der Waals surface area contributed by atoms with Gasteiger partial charge in [-0.2, -0.15) is 18.4 Å². The minimum Gasteiger partial charge on any atom is -0.372 e. The Labute approximate surface area is 194 Å². The van der Waals surface area contributed by atoms with Crippen LogP contribution in [0.1, 0.15) is 54.6 Å². The van der Waals surface area contributed by atoms with Crippen molar-refractivity contribution in [2.75, 3.05) is 23.7 Å². The van der Waals surface area contributed by atoms with Gasteiger partial charge in [-0.25, -0.2) is 4.39 Å². The van der Waals surface area contributed by atoms with Crippen LogP contribution in [-0.2, 0) is 11.0 Å². The number of carbonyl (C=O) groups is 2. The van der Waals surface area contributed by atoms with E-state index in [9.17, 15) is 27.2 Å². The van der Waals surface area contributed by atoms with Gasteiger partial charge in [-0.15, -0.1) is 0 Å². The number of nitrogens with one attached hydrogen (secondary N) is 2. The van der Waals surface area contributed by atoms with Crippen molar-refractivity contribution in [3.05, 3.63) is 58.9 Å². The van der Waals surface area contributed by atoms with Crippen LogP contribution >= 0.6 is 0 Å². The quantitative estimate of drug-likeness (QED) is 0.583. The van der Waals surface area contributed by atoms with Crippen molar-refractivity contribution in [2.24, 2.45) is 0 Å². The maximum Gasteiger partial charge on any atom is 0.417 e. The van der Waals surface area contributed by atoms with Crippen molar-refractivity contribution < 1.29 is 27.2 Å². The summed E-state index contributed by atoms with van der Waals surface area (Å²) in [4.78, 5) is 26.9. The second kappa shape index (κ2) is 9.71. The maximum absolute atomic E-state index is 14.7. The van der Waals surface area contributed by atoms with Crippen molar-refractivity contribution in [1.82, 2.24) is 4.90 Å². The van der Waals surface area contributed by atoms with Crippen molar-refractivity contribution in [2.45, 2.75) is 44.8 Å². The largest absolute Gasteiger partial charge is 0.417 e. The van der Waals surface area contributed by atoms with Crippen LogP contribution < -0.4 is 10.6 Å². The molecule has 2 aromatic rings. The zero-order valence-electron chi connectivity index (χ0n) is 18.7. The standard InChI is InChI=1S/C24H24F4N4O2/c1-23(2,22(34)30-16-7-6-15(14-29)19(12-16)24(26,27)28)31-17-8-9-18(20(25)13-17)21(33)32-10-4-3-5-11-32/h6-9,12-13,31H,3-5,10-11H2,1-2H3,(H,30,34). The Morgan fingerprint density at radius 3 is 2.24 bits per heavy atom. The second-order valence-corrected chi connectivity index (χ2v) is 8.62. The average molecular weight is 476 g/mol. The van der Waals surface area contributed by atoms with Gasteiger partial charge in [-0.1, -0.05) is 0 Å². The number of anilines is 2. The van der Waals surface area contributed by atoms with Crippen molar-refractivity contribution in [1.29, 1.82) is 5.26 Å². The van der Waals surface area contributed by atoms with Crippen molar-refractivity contribution >= 4 is 23.2 Å². The minimum atomic E-state index is -4.76. The summed E-state index contributed by atoms with van der Waals surface area (Å²) in [6.07, 6.45) is -1.98. The first-order chi connectivity index (χ1) is 15.9. The van der Waals surface area contributed by atoms with Crippen LogP contribution in [0.3, 0.4) is 0 Å². The van der Waals surface area contributed by atoms with Crippen LogP contribution in [0.5, 0.6) is 0 Å². The highest BCUT2D eigenvalue weighted by Gasteiger charge is 2.35. The molecule has 2 amide bonds. The first kappa shape index (κ1) is 25.0. The fraction of sp³-hybridized carbons (Fsp3) is 0.375. The van der Waals surface area contributed by atoms with Gasteiger partial charge in [0.1, 0.15) is 11.4 Å². The number of benzene rings is 2. The average Bonchev–Trinajstić information content (AvgIpc) is 2.78. The molecular weight excluding hydrogens is 452 g/mol. The molecule has 0 atom stereocenters. The van der Waals surface area contributed by atoms with Gasteiger partial charge in [0.2, 0.25) is 5.91 Å². The summed E-state index contributed by atoms with van der Waals surface area (Å²) in [6.45, 7) is 4.11. The number of carbonyl (C=O) groups excluding carboxylic acids is 2. The van der Waals surface area contributed by atoms with E-state index in [4.69, 9.17) is 5.26 Å². The highest BCUT2D eigenvalue weighted by molar-refractivity contribution is 6.00. The van der Waals surface area contributed by atoms with E-state index < -0.39 is 34.6 Å². The number of nitriles is 1. The fourth-order valence-corrected chi connectivity index (χ4v) is 3.69. The van der Waals surface area contributed by atoms with E-state index in [2.05, 4.69) is 10.6 Å². The molecule has 0 unspecified atom stereocenters. The number of alkyl halides is 3. The Balaban J connectivity index is 1.73. The van der Waals surface area contributed by atoms with Crippen LogP contribution in [0.2, 0.25) is 0 Å². The lowest BCUT2D eigenvalue weighted by molar-refractivity contribution is -0.137. The summed E-state index contributed by atoms with van der Waals surface area (Å²) in [5.41, 5.74) is -3.04. The van der Waals surface area contributed by atoms with Gasteiger partial charge in [-0.05, 0) is 69.5 Å². The predicted molar refractivity (Wildman–Crippen MR) is 119 cm³/mol. The van der Waals surface area contributed by atoms with E-state index in [0.717, 1.165) is 31.4 Å². The Kier molecular flexibility index (Phi) is 7.15. The third kappa shape index (κ3) is 5.65. The predicted octanol–water partition coefficient (Wildman–Crippen LogP) is 5.17. The Bertz CT molecular complexity index is 1130. The first-order valence-electron chi connectivity index (χ1n) is 10.7. The van der Waals surface area contributed by atoms with E-state index in [1.807, 2.05) is 0 Å². The lowest BCUT2D eigenvalue weighted by Crippen LogP contribution is -2.44. The number of hydrogen-bond donors (Lipinski definition) is 2. The molecule has 0 saturated carbocycles. The molecule has 1 fully saturated rings. The lowest BCUT2D eigenvalue weighted by Gasteiger charge is -2.28. The molecule has 1 aliphatic rings. The zero-order chi connectivity index (χ0) is 25.1. The van der Waals surface area contributed by atoms with Gasteiger partial charge in [0.15, 0.2) is 0 Å². The third-order valence-electron chi connectivity index (χ3n) is 5.57. The highest BCUT2D eigenvalue weighted by Crippen LogP contribution is 2.34. The first-order valence-corrected chi connectivity index (χ1v) is 10.7. The highest BCUT2D eigenvalue weighted by atomic mass is 19.4. The summed E-state index contributed by atoms with van der Waals surface area (Å²) >= 11 is 0. The monoisotopic (exact) mass is 476 g/mol. The summed E-state index contributed by atoms with van der Waals surface area (Å²) < 4.78 is 54.2. The molecule has 2 N–H and O–H groups in total. The van der Waals surface area contributed by atoms with Gasteiger partial charge in [0.25, 0.3) is 5.91 Å². The normalized spacial score (nSPS) is 14.3. The van der Waals surface area contributed by atoms with Crippen LogP contribution in [0.4, 0.5) is 28.9 Å². The number of hydrogen-bond acceptors (Lipinski definition) is 4. The van der Waals surface area contributed by atoms with Gasteiger partial charge in [0.05, 0.1) is 22.8 Å². The van der Waals surface area contributed by atoms with Gasteiger partial charge < -0.3 is 15.5 Å². The second-order valence-electron chi connectivity index (χ2n) is 8.62.